The number of aryl methyl sites for hydroxylation is 2. The van der Waals surface area contributed by atoms with Crippen LogP contribution in [0.15, 0.2) is 23.2 Å². The monoisotopic (exact) mass is 245 g/mol. The summed E-state index contributed by atoms with van der Waals surface area (Å²) in [5, 5.41) is 0. The minimum absolute atomic E-state index is 0.0921. The van der Waals surface area contributed by atoms with Gasteiger partial charge in [0.25, 0.3) is 0 Å². The second-order valence-electron chi connectivity index (χ2n) is 6.46. The number of benzene rings is 1. The Bertz CT molecular complexity index is 498. The van der Waals surface area contributed by atoms with Crippen LogP contribution in [-0.4, -0.2) is 18.0 Å². The molecule has 1 heterocycles. The van der Waals surface area contributed by atoms with E-state index in [1.54, 1.807) is 0 Å². The number of nitrogens with zero attached hydrogens (tertiary/aromatic N) is 1. The summed E-state index contributed by atoms with van der Waals surface area (Å²) < 4.78 is 5.82. The van der Waals surface area contributed by atoms with Gasteiger partial charge in [-0.2, -0.15) is 0 Å². The highest BCUT2D eigenvalue weighted by Gasteiger charge is 2.37. The van der Waals surface area contributed by atoms with Crippen LogP contribution in [0.3, 0.4) is 0 Å². The maximum absolute atomic E-state index is 5.82. The van der Waals surface area contributed by atoms with E-state index in [1.807, 2.05) is 0 Å². The summed E-state index contributed by atoms with van der Waals surface area (Å²) in [7, 11) is 0. The van der Waals surface area contributed by atoms with E-state index in [0.717, 1.165) is 5.90 Å². The average molecular weight is 245 g/mol. The Hall–Kier alpha value is -1.31. The molecule has 0 bridgehead atoms. The Balaban J connectivity index is 2.43. The quantitative estimate of drug-likeness (QED) is 0.777. The topological polar surface area (TPSA) is 21.6 Å². The van der Waals surface area contributed by atoms with Crippen molar-refractivity contribution in [1.82, 2.24) is 0 Å². The van der Waals surface area contributed by atoms with Crippen LogP contribution < -0.4 is 0 Å². The number of hydrogen-bond donors (Lipinski definition) is 0. The summed E-state index contributed by atoms with van der Waals surface area (Å²) >= 11 is 0. The predicted molar refractivity (Wildman–Crippen MR) is 76.4 cm³/mol. The zero-order valence-electron chi connectivity index (χ0n) is 12.3. The Morgan fingerprint density at radius 3 is 2.39 bits per heavy atom. The maximum Gasteiger partial charge on any atom is 0.194 e. The van der Waals surface area contributed by atoms with E-state index in [-0.39, 0.29) is 11.0 Å². The minimum Gasteiger partial charge on any atom is -0.478 e. The molecule has 0 aromatic heterocycles. The Labute approximate surface area is 110 Å². The van der Waals surface area contributed by atoms with Crippen molar-refractivity contribution >= 4 is 5.90 Å². The third kappa shape index (κ3) is 2.29. The van der Waals surface area contributed by atoms with E-state index in [2.05, 4.69) is 59.7 Å². The first-order valence-electron chi connectivity index (χ1n) is 6.53. The third-order valence-electron chi connectivity index (χ3n) is 3.56. The van der Waals surface area contributed by atoms with Gasteiger partial charge in [-0.05, 0) is 52.7 Å². The van der Waals surface area contributed by atoms with E-state index in [0.29, 0.717) is 6.61 Å². The molecule has 0 spiro atoms. The van der Waals surface area contributed by atoms with Gasteiger partial charge in [0.15, 0.2) is 5.90 Å². The summed E-state index contributed by atoms with van der Waals surface area (Å²) in [6.07, 6.45) is 0. The molecule has 0 N–H and O–H groups in total. The molecule has 0 atom stereocenters. The zero-order chi connectivity index (χ0) is 13.6. The number of rotatable bonds is 2. The molecule has 0 amide bonds. The highest BCUT2D eigenvalue weighted by molar-refractivity contribution is 5.89. The van der Waals surface area contributed by atoms with Crippen molar-refractivity contribution in [2.45, 2.75) is 52.5 Å². The Morgan fingerprint density at radius 2 is 1.89 bits per heavy atom. The standard InChI is InChI=1S/C16H23NO/c1-11-7-8-13(12(2)9-11)16(5,6)14-17-15(3,4)10-18-14/h7-9H,10H2,1-6H3. The second kappa shape index (κ2) is 4.11. The highest BCUT2D eigenvalue weighted by Crippen LogP contribution is 2.33. The molecule has 1 aromatic carbocycles. The summed E-state index contributed by atoms with van der Waals surface area (Å²) in [6.45, 7) is 13.5. The first kappa shape index (κ1) is 13.1. The molecule has 0 radical (unpaired) electrons. The van der Waals surface area contributed by atoms with Gasteiger partial charge in [0, 0.05) is 0 Å². The van der Waals surface area contributed by atoms with Crippen LogP contribution in [0.4, 0.5) is 0 Å². The van der Waals surface area contributed by atoms with Gasteiger partial charge in [-0.25, -0.2) is 4.99 Å². The van der Waals surface area contributed by atoms with E-state index in [4.69, 9.17) is 9.73 Å². The van der Waals surface area contributed by atoms with Gasteiger partial charge >= 0.3 is 0 Å². The van der Waals surface area contributed by atoms with Crippen molar-refractivity contribution in [1.29, 1.82) is 0 Å². The van der Waals surface area contributed by atoms with Gasteiger partial charge in [-0.3, -0.25) is 0 Å². The number of aliphatic imine (C=N–C) groups is 1. The van der Waals surface area contributed by atoms with Gasteiger partial charge in [-0.15, -0.1) is 0 Å². The molecule has 2 rings (SSSR count). The molecular weight excluding hydrogens is 222 g/mol. The zero-order valence-corrected chi connectivity index (χ0v) is 12.3. The Kier molecular flexibility index (Phi) is 3.00. The molecule has 1 aliphatic heterocycles. The van der Waals surface area contributed by atoms with Crippen LogP contribution >= 0.6 is 0 Å². The van der Waals surface area contributed by atoms with Gasteiger partial charge in [0.05, 0.1) is 11.0 Å². The van der Waals surface area contributed by atoms with Crippen LogP contribution in [0, 0.1) is 13.8 Å². The smallest absolute Gasteiger partial charge is 0.194 e. The van der Waals surface area contributed by atoms with Gasteiger partial charge in [0.2, 0.25) is 0 Å². The molecule has 18 heavy (non-hydrogen) atoms. The fourth-order valence-electron chi connectivity index (χ4n) is 2.53. The van der Waals surface area contributed by atoms with Crippen LogP contribution in [0.5, 0.6) is 0 Å². The van der Waals surface area contributed by atoms with E-state index < -0.39 is 0 Å². The van der Waals surface area contributed by atoms with Crippen molar-refractivity contribution in [3.05, 3.63) is 34.9 Å². The lowest BCUT2D eigenvalue weighted by Gasteiger charge is -2.26. The minimum atomic E-state index is -0.161. The molecule has 0 saturated carbocycles. The molecule has 0 fully saturated rings. The molecule has 0 saturated heterocycles. The lowest BCUT2D eigenvalue weighted by molar-refractivity contribution is 0.263. The molecule has 98 valence electrons. The van der Waals surface area contributed by atoms with Crippen LogP contribution in [0.25, 0.3) is 0 Å². The average Bonchev–Trinajstić information content (AvgIpc) is 2.58. The van der Waals surface area contributed by atoms with Gasteiger partial charge in [-0.1, -0.05) is 23.8 Å². The van der Waals surface area contributed by atoms with E-state index in [1.165, 1.54) is 16.7 Å². The number of hydrogen-bond acceptors (Lipinski definition) is 2. The SMILES string of the molecule is Cc1ccc(C(C)(C)C2=NC(C)(C)CO2)c(C)c1. The predicted octanol–water partition coefficient (Wildman–Crippen LogP) is 3.79. The molecule has 2 nitrogen and oxygen atoms in total. The molecule has 1 aliphatic rings. The fourth-order valence-corrected chi connectivity index (χ4v) is 2.53. The highest BCUT2D eigenvalue weighted by atomic mass is 16.5. The molecule has 0 unspecified atom stereocenters. The summed E-state index contributed by atoms with van der Waals surface area (Å²) in [6, 6.07) is 6.57. The van der Waals surface area contributed by atoms with Crippen molar-refractivity contribution in [2.75, 3.05) is 6.61 Å². The third-order valence-corrected chi connectivity index (χ3v) is 3.56. The first-order valence-corrected chi connectivity index (χ1v) is 6.53. The molecular formula is C16H23NO. The normalized spacial score (nSPS) is 18.4. The van der Waals surface area contributed by atoms with Crippen molar-refractivity contribution < 1.29 is 4.74 Å². The summed E-state index contributed by atoms with van der Waals surface area (Å²) in [5.74, 6) is 0.861. The van der Waals surface area contributed by atoms with Crippen LogP contribution in [0.2, 0.25) is 0 Å². The largest absolute Gasteiger partial charge is 0.478 e. The second-order valence-corrected chi connectivity index (χ2v) is 6.46. The van der Waals surface area contributed by atoms with Gasteiger partial charge in [0.1, 0.15) is 6.61 Å². The van der Waals surface area contributed by atoms with Crippen molar-refractivity contribution in [2.24, 2.45) is 4.99 Å². The fraction of sp³-hybridized carbons (Fsp3) is 0.562. The first-order chi connectivity index (χ1) is 8.22. The molecule has 1 aromatic rings. The van der Waals surface area contributed by atoms with Crippen LogP contribution in [-0.2, 0) is 10.2 Å². The lowest BCUT2D eigenvalue weighted by Crippen LogP contribution is -2.30. The Morgan fingerprint density at radius 1 is 1.22 bits per heavy atom. The van der Waals surface area contributed by atoms with E-state index >= 15 is 0 Å². The van der Waals surface area contributed by atoms with E-state index in [9.17, 15) is 0 Å². The number of ether oxygens (including phenoxy) is 1. The summed E-state index contributed by atoms with van der Waals surface area (Å²) in [4.78, 5) is 4.73. The lowest BCUT2D eigenvalue weighted by atomic mass is 9.81. The maximum atomic E-state index is 5.82. The van der Waals surface area contributed by atoms with Crippen LogP contribution in [0.1, 0.15) is 44.4 Å². The van der Waals surface area contributed by atoms with Gasteiger partial charge < -0.3 is 4.74 Å². The summed E-state index contributed by atoms with van der Waals surface area (Å²) in [5.41, 5.74) is 3.64. The molecule has 2 heteroatoms. The molecule has 0 aliphatic carbocycles. The van der Waals surface area contributed by atoms with Crippen molar-refractivity contribution in [3.8, 4) is 0 Å². The van der Waals surface area contributed by atoms with Crippen molar-refractivity contribution in [3.63, 3.8) is 0 Å².